The molecule has 0 aliphatic carbocycles. The van der Waals surface area contributed by atoms with Crippen molar-refractivity contribution in [3.63, 3.8) is 0 Å². The molecule has 2 heteroatoms. The molecule has 0 unspecified atom stereocenters. The number of hydrogen-bond donors (Lipinski definition) is 2. The Hall–Kier alpha value is -1.96. The summed E-state index contributed by atoms with van der Waals surface area (Å²) in [6, 6.07) is 14.1. The van der Waals surface area contributed by atoms with Crippen molar-refractivity contribution in [2.75, 3.05) is 5.32 Å². The summed E-state index contributed by atoms with van der Waals surface area (Å²) in [5.74, 6) is 0.393. The van der Waals surface area contributed by atoms with Crippen LogP contribution in [-0.4, -0.2) is 5.11 Å². The molecule has 0 aliphatic rings. The second-order valence-electron chi connectivity index (χ2n) is 5.65. The molecule has 0 saturated heterocycles. The number of phenolic OH excluding ortho intramolecular Hbond substituents is 1. The van der Waals surface area contributed by atoms with Gasteiger partial charge in [0.05, 0.1) is 0 Å². The maximum atomic E-state index is 10.1. The standard InChI is InChI=1S/C19H25NO/c1-3-4-5-6-9-16-11-12-18(14-19(16)21)20-17-10-7-8-15(2)13-17/h7-8,10-14,20-21H,3-6,9H2,1-2H3. The minimum Gasteiger partial charge on any atom is -0.508 e. The number of benzene rings is 2. The fraction of sp³-hybridized carbons (Fsp3) is 0.368. The van der Waals surface area contributed by atoms with Gasteiger partial charge in [-0.3, -0.25) is 0 Å². The van der Waals surface area contributed by atoms with Gasteiger partial charge in [0, 0.05) is 17.4 Å². The Morgan fingerprint density at radius 2 is 1.76 bits per heavy atom. The Morgan fingerprint density at radius 1 is 0.952 bits per heavy atom. The number of hydrogen-bond acceptors (Lipinski definition) is 2. The van der Waals surface area contributed by atoms with Crippen molar-refractivity contribution in [3.8, 4) is 5.75 Å². The highest BCUT2D eigenvalue weighted by molar-refractivity contribution is 5.62. The first-order valence-corrected chi connectivity index (χ1v) is 7.84. The van der Waals surface area contributed by atoms with E-state index in [0.717, 1.165) is 29.8 Å². The van der Waals surface area contributed by atoms with E-state index in [1.54, 1.807) is 0 Å². The Kier molecular flexibility index (Phi) is 5.68. The van der Waals surface area contributed by atoms with Crippen LogP contribution in [-0.2, 0) is 6.42 Å². The number of aryl methyl sites for hydroxylation is 2. The third kappa shape index (κ3) is 4.82. The van der Waals surface area contributed by atoms with Crippen molar-refractivity contribution < 1.29 is 5.11 Å². The van der Waals surface area contributed by atoms with E-state index in [2.05, 4.69) is 31.3 Å². The van der Waals surface area contributed by atoms with E-state index in [1.165, 1.54) is 24.8 Å². The van der Waals surface area contributed by atoms with Crippen LogP contribution in [0, 0.1) is 6.92 Å². The van der Waals surface area contributed by atoms with Crippen LogP contribution >= 0.6 is 0 Å². The quantitative estimate of drug-likeness (QED) is 0.651. The first-order valence-electron chi connectivity index (χ1n) is 7.84. The molecule has 0 heterocycles. The molecule has 2 nitrogen and oxygen atoms in total. The van der Waals surface area contributed by atoms with Crippen LogP contribution in [0.4, 0.5) is 11.4 Å². The molecule has 0 spiro atoms. The highest BCUT2D eigenvalue weighted by Crippen LogP contribution is 2.26. The summed E-state index contributed by atoms with van der Waals surface area (Å²) in [6.45, 7) is 4.28. The molecule has 0 fully saturated rings. The van der Waals surface area contributed by atoms with E-state index in [-0.39, 0.29) is 0 Å². The van der Waals surface area contributed by atoms with Crippen molar-refractivity contribution in [1.82, 2.24) is 0 Å². The summed E-state index contributed by atoms with van der Waals surface area (Å²) in [5.41, 5.74) is 4.23. The predicted molar refractivity (Wildman–Crippen MR) is 90.4 cm³/mol. The van der Waals surface area contributed by atoms with Crippen molar-refractivity contribution in [3.05, 3.63) is 53.6 Å². The van der Waals surface area contributed by atoms with Gasteiger partial charge in [-0.25, -0.2) is 0 Å². The highest BCUT2D eigenvalue weighted by atomic mass is 16.3. The molecule has 0 atom stereocenters. The summed E-state index contributed by atoms with van der Waals surface area (Å²) < 4.78 is 0. The zero-order valence-electron chi connectivity index (χ0n) is 13.0. The summed E-state index contributed by atoms with van der Waals surface area (Å²) in [5, 5.41) is 13.5. The maximum Gasteiger partial charge on any atom is 0.120 e. The van der Waals surface area contributed by atoms with Gasteiger partial charge in [0.1, 0.15) is 5.75 Å². The van der Waals surface area contributed by atoms with Gasteiger partial charge in [0.15, 0.2) is 0 Å². The highest BCUT2D eigenvalue weighted by Gasteiger charge is 2.03. The largest absolute Gasteiger partial charge is 0.508 e. The van der Waals surface area contributed by atoms with Crippen LogP contribution in [0.3, 0.4) is 0 Å². The fourth-order valence-electron chi connectivity index (χ4n) is 2.48. The van der Waals surface area contributed by atoms with E-state index in [0.29, 0.717) is 5.75 Å². The monoisotopic (exact) mass is 283 g/mol. The molecule has 2 aromatic rings. The summed E-state index contributed by atoms with van der Waals surface area (Å²) in [7, 11) is 0. The Bertz CT molecular complexity index is 578. The van der Waals surface area contributed by atoms with E-state index in [9.17, 15) is 5.11 Å². The average Bonchev–Trinajstić information content (AvgIpc) is 2.45. The lowest BCUT2D eigenvalue weighted by molar-refractivity contribution is 0.466. The smallest absolute Gasteiger partial charge is 0.120 e. The van der Waals surface area contributed by atoms with E-state index < -0.39 is 0 Å². The van der Waals surface area contributed by atoms with E-state index in [4.69, 9.17) is 0 Å². The van der Waals surface area contributed by atoms with Gasteiger partial charge in [0.25, 0.3) is 0 Å². The van der Waals surface area contributed by atoms with Crippen LogP contribution in [0.15, 0.2) is 42.5 Å². The Labute approximate surface area is 127 Å². The molecule has 21 heavy (non-hydrogen) atoms. The topological polar surface area (TPSA) is 32.3 Å². The summed E-state index contributed by atoms with van der Waals surface area (Å²) in [6.07, 6.45) is 5.85. The van der Waals surface area contributed by atoms with Gasteiger partial charge in [-0.2, -0.15) is 0 Å². The molecule has 112 valence electrons. The fourth-order valence-corrected chi connectivity index (χ4v) is 2.48. The second-order valence-corrected chi connectivity index (χ2v) is 5.65. The first-order chi connectivity index (χ1) is 10.2. The maximum absolute atomic E-state index is 10.1. The number of aromatic hydroxyl groups is 1. The molecule has 0 aromatic heterocycles. The lowest BCUT2D eigenvalue weighted by Crippen LogP contribution is -1.93. The normalized spacial score (nSPS) is 10.6. The zero-order valence-corrected chi connectivity index (χ0v) is 13.0. The van der Waals surface area contributed by atoms with E-state index >= 15 is 0 Å². The Morgan fingerprint density at radius 3 is 2.48 bits per heavy atom. The van der Waals surface area contributed by atoms with Gasteiger partial charge in [0.2, 0.25) is 0 Å². The molecule has 2 aromatic carbocycles. The van der Waals surface area contributed by atoms with Crippen molar-refractivity contribution in [2.45, 2.75) is 46.0 Å². The summed E-state index contributed by atoms with van der Waals surface area (Å²) in [4.78, 5) is 0. The van der Waals surface area contributed by atoms with Gasteiger partial charge in [-0.15, -0.1) is 0 Å². The van der Waals surface area contributed by atoms with Crippen LogP contribution in [0.25, 0.3) is 0 Å². The number of phenols is 1. The van der Waals surface area contributed by atoms with Crippen molar-refractivity contribution in [2.24, 2.45) is 0 Å². The minimum absolute atomic E-state index is 0.393. The number of unbranched alkanes of at least 4 members (excludes halogenated alkanes) is 3. The molecule has 0 amide bonds. The molecule has 0 aliphatic heterocycles. The minimum atomic E-state index is 0.393. The molecular weight excluding hydrogens is 258 g/mol. The SMILES string of the molecule is CCCCCCc1ccc(Nc2cccc(C)c2)cc1O. The molecular formula is C19H25NO. The van der Waals surface area contributed by atoms with Gasteiger partial charge >= 0.3 is 0 Å². The Balaban J connectivity index is 1.98. The van der Waals surface area contributed by atoms with Gasteiger partial charge in [-0.1, -0.05) is 44.4 Å². The van der Waals surface area contributed by atoms with Gasteiger partial charge < -0.3 is 10.4 Å². The van der Waals surface area contributed by atoms with Crippen molar-refractivity contribution >= 4 is 11.4 Å². The summed E-state index contributed by atoms with van der Waals surface area (Å²) >= 11 is 0. The second kappa shape index (κ2) is 7.72. The third-order valence-corrected chi connectivity index (χ3v) is 3.69. The molecule has 2 rings (SSSR count). The number of anilines is 2. The average molecular weight is 283 g/mol. The number of nitrogens with one attached hydrogen (secondary N) is 1. The predicted octanol–water partition coefficient (Wildman–Crippen LogP) is 5.57. The lowest BCUT2D eigenvalue weighted by atomic mass is 10.0. The van der Waals surface area contributed by atoms with E-state index in [1.807, 2.05) is 30.3 Å². The molecule has 0 saturated carbocycles. The van der Waals surface area contributed by atoms with Crippen LogP contribution in [0.2, 0.25) is 0 Å². The molecule has 2 N–H and O–H groups in total. The van der Waals surface area contributed by atoms with Crippen LogP contribution < -0.4 is 5.32 Å². The zero-order chi connectivity index (χ0) is 15.1. The van der Waals surface area contributed by atoms with Gasteiger partial charge in [-0.05, 0) is 49.1 Å². The molecule has 0 radical (unpaired) electrons. The lowest BCUT2D eigenvalue weighted by Gasteiger charge is -2.10. The van der Waals surface area contributed by atoms with Crippen LogP contribution in [0.1, 0.15) is 43.7 Å². The molecule has 0 bridgehead atoms. The third-order valence-electron chi connectivity index (χ3n) is 3.69. The van der Waals surface area contributed by atoms with Crippen molar-refractivity contribution in [1.29, 1.82) is 0 Å². The van der Waals surface area contributed by atoms with Crippen LogP contribution in [0.5, 0.6) is 5.75 Å². The number of rotatable bonds is 7. The first kappa shape index (κ1) is 15.4.